The molecule has 116 valence electrons. The molecule has 1 aromatic heterocycles. The number of benzene rings is 1. The molecule has 0 aliphatic carbocycles. The summed E-state index contributed by atoms with van der Waals surface area (Å²) in [4.78, 5) is 18.6. The Morgan fingerprint density at radius 2 is 2.23 bits per heavy atom. The highest BCUT2D eigenvalue weighted by molar-refractivity contribution is 6.35. The molecule has 2 aromatic rings. The maximum atomic E-state index is 11.8. The summed E-state index contributed by atoms with van der Waals surface area (Å²) in [6.45, 7) is 4.48. The molecule has 5 heteroatoms. The number of nitrogens with zero attached hydrogens (tertiary/aromatic N) is 2. The van der Waals surface area contributed by atoms with E-state index >= 15 is 0 Å². The van der Waals surface area contributed by atoms with Gasteiger partial charge in [-0.15, -0.1) is 0 Å². The number of fused-ring (bicyclic) bond motifs is 1. The lowest BCUT2D eigenvalue weighted by molar-refractivity contribution is -0.146. The van der Waals surface area contributed by atoms with Crippen molar-refractivity contribution in [2.45, 2.75) is 13.5 Å². The van der Waals surface area contributed by atoms with E-state index in [1.165, 1.54) is 7.11 Å². The summed E-state index contributed by atoms with van der Waals surface area (Å²) in [6.07, 6.45) is 1.78. The molecule has 22 heavy (non-hydrogen) atoms. The molecule has 1 aliphatic rings. The van der Waals surface area contributed by atoms with Crippen molar-refractivity contribution in [3.05, 3.63) is 41.0 Å². The average molecular weight is 319 g/mol. The second kappa shape index (κ2) is 6.23. The second-order valence-electron chi connectivity index (χ2n) is 5.91. The van der Waals surface area contributed by atoms with Crippen LogP contribution in [0, 0.1) is 11.8 Å². The molecular formula is C17H19ClN2O2. The number of ether oxygens (including phenoxy) is 1. The number of likely N-dealkylation sites (tertiary alicyclic amines) is 1. The van der Waals surface area contributed by atoms with Crippen LogP contribution < -0.4 is 0 Å². The number of rotatable bonds is 3. The zero-order chi connectivity index (χ0) is 15.7. The Labute approximate surface area is 135 Å². The first kappa shape index (κ1) is 15.3. The van der Waals surface area contributed by atoms with Crippen LogP contribution in [0.1, 0.15) is 12.5 Å². The largest absolute Gasteiger partial charge is 0.469 e. The van der Waals surface area contributed by atoms with Crippen molar-refractivity contribution >= 4 is 28.5 Å². The molecular weight excluding hydrogens is 300 g/mol. The van der Waals surface area contributed by atoms with Crippen molar-refractivity contribution in [1.29, 1.82) is 0 Å². The smallest absolute Gasteiger partial charge is 0.310 e. The van der Waals surface area contributed by atoms with Crippen LogP contribution in [0.3, 0.4) is 0 Å². The summed E-state index contributed by atoms with van der Waals surface area (Å²) in [7, 11) is 1.45. The van der Waals surface area contributed by atoms with E-state index in [4.69, 9.17) is 16.3 Å². The van der Waals surface area contributed by atoms with Gasteiger partial charge in [-0.1, -0.05) is 24.6 Å². The Morgan fingerprint density at radius 3 is 3.00 bits per heavy atom. The zero-order valence-electron chi connectivity index (χ0n) is 12.8. The van der Waals surface area contributed by atoms with E-state index in [-0.39, 0.29) is 11.9 Å². The Kier molecular flexibility index (Phi) is 4.32. The van der Waals surface area contributed by atoms with Crippen molar-refractivity contribution in [3.63, 3.8) is 0 Å². The lowest BCUT2D eigenvalue weighted by Gasteiger charge is -2.17. The van der Waals surface area contributed by atoms with Crippen LogP contribution in [-0.2, 0) is 16.1 Å². The molecule has 2 heterocycles. The van der Waals surface area contributed by atoms with E-state index < -0.39 is 0 Å². The fraction of sp³-hybridized carbons (Fsp3) is 0.412. The molecule has 2 atom stereocenters. The summed E-state index contributed by atoms with van der Waals surface area (Å²) in [5, 5.41) is 1.69. The van der Waals surface area contributed by atoms with E-state index in [1.807, 2.05) is 24.3 Å². The molecule has 1 aromatic carbocycles. The summed E-state index contributed by atoms with van der Waals surface area (Å²) < 4.78 is 4.89. The van der Waals surface area contributed by atoms with E-state index in [0.717, 1.165) is 36.1 Å². The first-order valence-corrected chi connectivity index (χ1v) is 7.80. The van der Waals surface area contributed by atoms with Crippen LogP contribution >= 0.6 is 11.6 Å². The van der Waals surface area contributed by atoms with E-state index in [1.54, 1.807) is 6.20 Å². The van der Waals surface area contributed by atoms with Gasteiger partial charge in [0.15, 0.2) is 0 Å². The van der Waals surface area contributed by atoms with Gasteiger partial charge in [-0.3, -0.25) is 14.7 Å². The Balaban J connectivity index is 1.83. The molecule has 0 amide bonds. The van der Waals surface area contributed by atoms with Gasteiger partial charge in [0.05, 0.1) is 18.5 Å². The van der Waals surface area contributed by atoms with Crippen LogP contribution in [0.15, 0.2) is 30.5 Å². The monoisotopic (exact) mass is 318 g/mol. The van der Waals surface area contributed by atoms with E-state index in [9.17, 15) is 4.79 Å². The number of hydrogen-bond acceptors (Lipinski definition) is 4. The van der Waals surface area contributed by atoms with Crippen LogP contribution in [-0.4, -0.2) is 36.1 Å². The van der Waals surface area contributed by atoms with Gasteiger partial charge in [-0.2, -0.15) is 0 Å². The predicted octanol–water partition coefficient (Wildman–Crippen LogP) is 3.13. The third kappa shape index (κ3) is 2.81. The van der Waals surface area contributed by atoms with Crippen LogP contribution in [0.5, 0.6) is 0 Å². The lowest BCUT2D eigenvalue weighted by Crippen LogP contribution is -2.24. The number of esters is 1. The van der Waals surface area contributed by atoms with Gasteiger partial charge in [0.2, 0.25) is 0 Å². The minimum atomic E-state index is -0.117. The van der Waals surface area contributed by atoms with Crippen LogP contribution in [0.4, 0.5) is 0 Å². The van der Waals surface area contributed by atoms with Gasteiger partial charge in [0, 0.05) is 36.2 Å². The minimum absolute atomic E-state index is 0.0449. The quantitative estimate of drug-likeness (QED) is 0.815. The highest BCUT2D eigenvalue weighted by Crippen LogP contribution is 2.29. The number of hydrogen-bond donors (Lipinski definition) is 0. The predicted molar refractivity (Wildman–Crippen MR) is 86.7 cm³/mol. The highest BCUT2D eigenvalue weighted by Gasteiger charge is 2.35. The molecule has 0 unspecified atom stereocenters. The number of carbonyl (C=O) groups excluding carboxylic acids is 1. The van der Waals surface area contributed by atoms with Gasteiger partial charge < -0.3 is 4.74 Å². The summed E-state index contributed by atoms with van der Waals surface area (Å²) in [5.41, 5.74) is 2.07. The number of halogens is 1. The molecule has 1 fully saturated rings. The number of carbonyl (C=O) groups is 1. The number of pyridine rings is 1. The minimum Gasteiger partial charge on any atom is -0.469 e. The Hall–Kier alpha value is -1.65. The maximum absolute atomic E-state index is 11.8. The van der Waals surface area contributed by atoms with Crippen molar-refractivity contribution in [2.75, 3.05) is 20.2 Å². The van der Waals surface area contributed by atoms with Crippen LogP contribution in [0.25, 0.3) is 10.9 Å². The van der Waals surface area contributed by atoms with Crippen molar-refractivity contribution in [3.8, 4) is 0 Å². The topological polar surface area (TPSA) is 42.4 Å². The molecule has 0 N–H and O–H groups in total. The molecule has 3 rings (SSSR count). The summed E-state index contributed by atoms with van der Waals surface area (Å²) in [5.74, 6) is 0.143. The maximum Gasteiger partial charge on any atom is 0.310 e. The SMILES string of the molecule is COC(=O)[C@@H]1CN(Cc2ccc(Cl)c3cccnc23)C[C@H]1C. The van der Waals surface area contributed by atoms with Gasteiger partial charge >= 0.3 is 5.97 Å². The zero-order valence-corrected chi connectivity index (χ0v) is 13.5. The number of methoxy groups -OCH3 is 1. The molecule has 0 spiro atoms. The summed E-state index contributed by atoms with van der Waals surface area (Å²) in [6, 6.07) is 7.81. The summed E-state index contributed by atoms with van der Waals surface area (Å²) >= 11 is 6.24. The molecule has 4 nitrogen and oxygen atoms in total. The second-order valence-corrected chi connectivity index (χ2v) is 6.31. The number of aromatic nitrogens is 1. The fourth-order valence-electron chi connectivity index (χ4n) is 3.22. The fourth-order valence-corrected chi connectivity index (χ4v) is 3.43. The third-order valence-electron chi connectivity index (χ3n) is 4.39. The van der Waals surface area contributed by atoms with E-state index in [2.05, 4.69) is 16.8 Å². The van der Waals surface area contributed by atoms with Crippen molar-refractivity contribution in [1.82, 2.24) is 9.88 Å². The molecule has 0 bridgehead atoms. The lowest BCUT2D eigenvalue weighted by atomic mass is 9.99. The molecule has 0 radical (unpaired) electrons. The Bertz CT molecular complexity index is 704. The molecule has 1 aliphatic heterocycles. The van der Waals surface area contributed by atoms with Crippen molar-refractivity contribution < 1.29 is 9.53 Å². The standard InChI is InChI=1S/C17H19ClN2O2/c1-11-8-20(10-14(11)17(21)22-2)9-12-5-6-15(18)13-4-3-7-19-16(12)13/h3-7,11,14H,8-10H2,1-2H3/t11-,14-/m1/s1. The Morgan fingerprint density at radius 1 is 1.41 bits per heavy atom. The highest BCUT2D eigenvalue weighted by atomic mass is 35.5. The van der Waals surface area contributed by atoms with Gasteiger partial charge in [-0.25, -0.2) is 0 Å². The average Bonchev–Trinajstić information content (AvgIpc) is 2.90. The third-order valence-corrected chi connectivity index (χ3v) is 4.72. The van der Waals surface area contributed by atoms with Crippen molar-refractivity contribution in [2.24, 2.45) is 11.8 Å². The molecule has 1 saturated heterocycles. The normalized spacial score (nSPS) is 22.1. The first-order valence-electron chi connectivity index (χ1n) is 7.42. The van der Waals surface area contributed by atoms with Gasteiger partial charge in [0.25, 0.3) is 0 Å². The van der Waals surface area contributed by atoms with Crippen LogP contribution in [0.2, 0.25) is 5.02 Å². The molecule has 0 saturated carbocycles. The van der Waals surface area contributed by atoms with E-state index in [0.29, 0.717) is 10.9 Å². The van der Waals surface area contributed by atoms with Gasteiger partial charge in [0.1, 0.15) is 0 Å². The first-order chi connectivity index (χ1) is 10.6. The van der Waals surface area contributed by atoms with Gasteiger partial charge in [-0.05, 0) is 29.7 Å².